The van der Waals surface area contributed by atoms with Crippen molar-refractivity contribution in [1.82, 2.24) is 5.43 Å². The maximum atomic E-state index is 12.2. The van der Waals surface area contributed by atoms with Crippen LogP contribution in [-0.4, -0.2) is 33.1 Å². The first-order chi connectivity index (χ1) is 12.3. The van der Waals surface area contributed by atoms with Crippen LogP contribution < -0.4 is 19.6 Å². The smallest absolute Gasteiger partial charge is 0.271 e. The summed E-state index contributed by atoms with van der Waals surface area (Å²) >= 11 is 0. The van der Waals surface area contributed by atoms with E-state index >= 15 is 0 Å². The minimum absolute atomic E-state index is 0.141. The van der Waals surface area contributed by atoms with Crippen LogP contribution in [0.2, 0.25) is 0 Å². The van der Waals surface area contributed by atoms with Crippen LogP contribution in [0.15, 0.2) is 47.6 Å². The zero-order valence-corrected chi connectivity index (χ0v) is 15.0. The summed E-state index contributed by atoms with van der Waals surface area (Å²) in [6, 6.07) is 11.5. The maximum absolute atomic E-state index is 12.2. The van der Waals surface area contributed by atoms with Gasteiger partial charge in [-0.25, -0.2) is 13.8 Å². The number of anilines is 1. The fraction of sp³-hybridized carbons (Fsp3) is 0.176. The van der Waals surface area contributed by atoms with Gasteiger partial charge in [0, 0.05) is 11.3 Å². The number of carbonyl (C=O) groups is 1. The van der Waals surface area contributed by atoms with Crippen LogP contribution >= 0.6 is 0 Å². The van der Waals surface area contributed by atoms with Crippen molar-refractivity contribution >= 4 is 27.3 Å². The van der Waals surface area contributed by atoms with Crippen molar-refractivity contribution in [2.24, 2.45) is 5.10 Å². The predicted octanol–water partition coefficient (Wildman–Crippen LogP) is 1.94. The number of benzene rings is 2. The van der Waals surface area contributed by atoms with Gasteiger partial charge in [-0.05, 0) is 42.8 Å². The number of amides is 1. The maximum Gasteiger partial charge on any atom is 0.271 e. The molecule has 2 N–H and O–H groups in total. The Labute approximate surface area is 150 Å². The Morgan fingerprint density at radius 2 is 1.69 bits per heavy atom. The Bertz CT molecular complexity index is 968. The van der Waals surface area contributed by atoms with Crippen molar-refractivity contribution in [2.75, 3.05) is 17.8 Å². The van der Waals surface area contributed by atoms with Gasteiger partial charge in [0.25, 0.3) is 5.91 Å². The third-order valence-electron chi connectivity index (χ3n) is 3.57. The molecule has 0 unspecified atom stereocenters. The quantitative estimate of drug-likeness (QED) is 0.614. The molecule has 136 valence electrons. The van der Waals surface area contributed by atoms with Gasteiger partial charge >= 0.3 is 0 Å². The van der Waals surface area contributed by atoms with Crippen molar-refractivity contribution in [3.8, 4) is 11.5 Å². The Morgan fingerprint density at radius 1 is 1.04 bits per heavy atom. The van der Waals surface area contributed by atoms with E-state index in [0.29, 0.717) is 28.5 Å². The molecular formula is C17H17N3O5S. The first kappa shape index (κ1) is 17.7. The predicted molar refractivity (Wildman–Crippen MR) is 97.2 cm³/mol. The van der Waals surface area contributed by atoms with Crippen molar-refractivity contribution in [3.05, 3.63) is 53.6 Å². The summed E-state index contributed by atoms with van der Waals surface area (Å²) in [6.07, 6.45) is 1.08. The number of fused-ring (bicyclic) bond motifs is 1. The number of hydrogen-bond donors (Lipinski definition) is 2. The lowest BCUT2D eigenvalue weighted by Crippen LogP contribution is -2.19. The number of rotatable bonds is 5. The van der Waals surface area contributed by atoms with Gasteiger partial charge in [-0.15, -0.1) is 0 Å². The molecule has 0 atom stereocenters. The molecule has 0 aliphatic carbocycles. The van der Waals surface area contributed by atoms with Gasteiger partial charge in [0.05, 0.1) is 12.0 Å². The standard InChI is InChI=1S/C17H17N3O5S/c1-11(12-3-6-14(7-4-12)20-26(2,22)23)18-19-17(21)13-5-8-15-16(9-13)25-10-24-15/h3-9,20H,10H2,1-2H3,(H,19,21). The topological polar surface area (TPSA) is 106 Å². The summed E-state index contributed by atoms with van der Waals surface area (Å²) in [5.41, 5.74) is 4.66. The average molecular weight is 375 g/mol. The van der Waals surface area contributed by atoms with Crippen molar-refractivity contribution in [2.45, 2.75) is 6.92 Å². The molecule has 0 fully saturated rings. The highest BCUT2D eigenvalue weighted by Crippen LogP contribution is 2.32. The molecule has 0 aromatic heterocycles. The van der Waals surface area contributed by atoms with Crippen LogP contribution in [0.5, 0.6) is 11.5 Å². The van der Waals surface area contributed by atoms with E-state index < -0.39 is 10.0 Å². The van der Waals surface area contributed by atoms with Crippen LogP contribution in [0.25, 0.3) is 0 Å². The highest BCUT2D eigenvalue weighted by atomic mass is 32.2. The fourth-order valence-corrected chi connectivity index (χ4v) is 2.86. The summed E-state index contributed by atoms with van der Waals surface area (Å²) < 4.78 is 35.2. The first-order valence-electron chi connectivity index (χ1n) is 7.64. The SMILES string of the molecule is CC(=NNC(=O)c1ccc2c(c1)OCO2)c1ccc(NS(C)(=O)=O)cc1. The Hall–Kier alpha value is -3.07. The van der Waals surface area contributed by atoms with Gasteiger partial charge in [0.1, 0.15) is 0 Å². The molecule has 3 rings (SSSR count). The normalized spacial score (nSPS) is 13.4. The largest absolute Gasteiger partial charge is 0.454 e. The average Bonchev–Trinajstić information content (AvgIpc) is 3.06. The molecule has 2 aromatic carbocycles. The second-order valence-corrected chi connectivity index (χ2v) is 7.41. The Morgan fingerprint density at radius 3 is 2.38 bits per heavy atom. The van der Waals surface area contributed by atoms with Crippen LogP contribution in [0.1, 0.15) is 22.8 Å². The van der Waals surface area contributed by atoms with E-state index in [-0.39, 0.29) is 12.7 Å². The van der Waals surface area contributed by atoms with Crippen LogP contribution in [0.4, 0.5) is 5.69 Å². The lowest BCUT2D eigenvalue weighted by atomic mass is 10.1. The number of hydrazone groups is 1. The highest BCUT2D eigenvalue weighted by Gasteiger charge is 2.16. The van der Waals surface area contributed by atoms with Gasteiger partial charge in [0.15, 0.2) is 11.5 Å². The molecule has 0 bridgehead atoms. The van der Waals surface area contributed by atoms with Crippen molar-refractivity contribution < 1.29 is 22.7 Å². The molecule has 1 amide bonds. The second kappa shape index (κ2) is 7.04. The number of carbonyl (C=O) groups excluding carboxylic acids is 1. The lowest BCUT2D eigenvalue weighted by Gasteiger charge is -2.06. The van der Waals surface area contributed by atoms with Crippen LogP contribution in [0.3, 0.4) is 0 Å². The zero-order chi connectivity index (χ0) is 18.7. The summed E-state index contributed by atoms with van der Waals surface area (Å²) in [5.74, 6) is 0.745. The lowest BCUT2D eigenvalue weighted by molar-refractivity contribution is 0.0954. The van der Waals surface area contributed by atoms with Crippen molar-refractivity contribution in [3.63, 3.8) is 0 Å². The monoisotopic (exact) mass is 375 g/mol. The van der Waals surface area contributed by atoms with Crippen LogP contribution in [-0.2, 0) is 10.0 Å². The fourth-order valence-electron chi connectivity index (χ4n) is 2.30. The number of sulfonamides is 1. The summed E-state index contributed by atoms with van der Waals surface area (Å²) in [5, 5.41) is 4.07. The molecular weight excluding hydrogens is 358 g/mol. The van der Waals surface area contributed by atoms with Crippen molar-refractivity contribution in [1.29, 1.82) is 0 Å². The van der Waals surface area contributed by atoms with E-state index in [9.17, 15) is 13.2 Å². The summed E-state index contributed by atoms with van der Waals surface area (Å²) in [4.78, 5) is 12.2. The van der Waals surface area contributed by atoms with Gasteiger partial charge in [-0.1, -0.05) is 12.1 Å². The van der Waals surface area contributed by atoms with Gasteiger partial charge in [-0.3, -0.25) is 9.52 Å². The molecule has 26 heavy (non-hydrogen) atoms. The van der Waals surface area contributed by atoms with E-state index in [1.54, 1.807) is 49.4 Å². The minimum Gasteiger partial charge on any atom is -0.454 e. The molecule has 0 spiro atoms. The molecule has 8 nitrogen and oxygen atoms in total. The first-order valence-corrected chi connectivity index (χ1v) is 9.53. The minimum atomic E-state index is -3.32. The van der Waals surface area contributed by atoms with E-state index in [4.69, 9.17) is 9.47 Å². The summed E-state index contributed by atoms with van der Waals surface area (Å²) in [7, 11) is -3.32. The molecule has 1 aliphatic rings. The number of ether oxygens (including phenoxy) is 2. The number of nitrogens with one attached hydrogen (secondary N) is 2. The molecule has 2 aromatic rings. The van der Waals surface area contributed by atoms with Crippen LogP contribution in [0, 0.1) is 0 Å². The number of nitrogens with zero attached hydrogens (tertiary/aromatic N) is 1. The van der Waals surface area contributed by atoms with E-state index in [2.05, 4.69) is 15.2 Å². The summed E-state index contributed by atoms with van der Waals surface area (Å²) in [6.45, 7) is 1.88. The molecule has 0 radical (unpaired) electrons. The van der Waals surface area contributed by atoms with Gasteiger partial charge in [0.2, 0.25) is 16.8 Å². The third-order valence-corrected chi connectivity index (χ3v) is 4.17. The Balaban J connectivity index is 1.67. The third kappa shape index (κ3) is 4.31. The van der Waals surface area contributed by atoms with E-state index in [1.807, 2.05) is 0 Å². The molecule has 1 aliphatic heterocycles. The molecule has 1 heterocycles. The molecule has 0 saturated carbocycles. The molecule has 9 heteroatoms. The van der Waals surface area contributed by atoms with Gasteiger partial charge in [-0.2, -0.15) is 5.10 Å². The van der Waals surface area contributed by atoms with E-state index in [0.717, 1.165) is 11.8 Å². The second-order valence-electron chi connectivity index (χ2n) is 5.66. The Kier molecular flexibility index (Phi) is 4.81. The number of hydrogen-bond acceptors (Lipinski definition) is 6. The molecule has 0 saturated heterocycles. The zero-order valence-electron chi connectivity index (χ0n) is 14.1. The van der Waals surface area contributed by atoms with E-state index in [1.165, 1.54) is 0 Å². The highest BCUT2D eigenvalue weighted by molar-refractivity contribution is 7.92. The van der Waals surface area contributed by atoms with Gasteiger partial charge < -0.3 is 9.47 Å².